The van der Waals surface area contributed by atoms with E-state index in [1.54, 1.807) is 0 Å². The Balaban J connectivity index is 1.49. The van der Waals surface area contributed by atoms with Crippen LogP contribution in [0.5, 0.6) is 0 Å². The predicted molar refractivity (Wildman–Crippen MR) is 66.5 cm³/mol. The van der Waals surface area contributed by atoms with Crippen molar-refractivity contribution in [3.8, 4) is 0 Å². The average molecular weight is 232 g/mol. The van der Waals surface area contributed by atoms with E-state index in [0.29, 0.717) is 17.9 Å². The third-order valence-electron chi connectivity index (χ3n) is 4.28. The molecule has 2 unspecified atom stereocenters. The zero-order chi connectivity index (χ0) is 11.7. The van der Waals surface area contributed by atoms with E-state index in [2.05, 4.69) is 24.3 Å². The summed E-state index contributed by atoms with van der Waals surface area (Å²) in [7, 11) is 0. The summed E-state index contributed by atoms with van der Waals surface area (Å²) in [6.45, 7) is 0.730. The summed E-state index contributed by atoms with van der Waals surface area (Å²) in [5.74, 6) is 1.43. The van der Waals surface area contributed by atoms with Gasteiger partial charge in [-0.15, -0.1) is 0 Å². The number of benzene rings is 1. The Hall–Kier alpha value is -0.860. The molecule has 2 aliphatic rings. The molecule has 0 amide bonds. The van der Waals surface area contributed by atoms with E-state index < -0.39 is 0 Å². The number of aliphatic hydroxyl groups is 1. The molecule has 0 heterocycles. The number of fused-ring (bicyclic) bond motifs is 1. The fourth-order valence-electron chi connectivity index (χ4n) is 3.45. The number of hydrogen-bond donors (Lipinski definition) is 1. The minimum Gasteiger partial charge on any atom is -0.393 e. The highest BCUT2D eigenvalue weighted by atomic mass is 16.5. The summed E-state index contributed by atoms with van der Waals surface area (Å²) in [5.41, 5.74) is 1.25. The summed E-state index contributed by atoms with van der Waals surface area (Å²) >= 11 is 0. The van der Waals surface area contributed by atoms with Crippen molar-refractivity contribution in [2.75, 3.05) is 0 Å². The third-order valence-corrected chi connectivity index (χ3v) is 4.28. The first-order chi connectivity index (χ1) is 8.31. The molecule has 1 N–H and O–H groups in total. The molecular formula is C15H20O2. The molecule has 0 aromatic heterocycles. The first-order valence-electron chi connectivity index (χ1n) is 6.65. The van der Waals surface area contributed by atoms with E-state index in [9.17, 15) is 5.11 Å². The van der Waals surface area contributed by atoms with Crippen LogP contribution in [0.3, 0.4) is 0 Å². The fourth-order valence-corrected chi connectivity index (χ4v) is 3.45. The summed E-state index contributed by atoms with van der Waals surface area (Å²) < 4.78 is 5.98. The van der Waals surface area contributed by atoms with E-state index >= 15 is 0 Å². The van der Waals surface area contributed by atoms with Crippen molar-refractivity contribution >= 4 is 0 Å². The Morgan fingerprint density at radius 3 is 2.29 bits per heavy atom. The quantitative estimate of drug-likeness (QED) is 0.868. The van der Waals surface area contributed by atoms with E-state index in [1.807, 2.05) is 6.07 Å². The molecule has 92 valence electrons. The molecule has 2 saturated carbocycles. The van der Waals surface area contributed by atoms with Gasteiger partial charge in [0.25, 0.3) is 0 Å². The molecule has 1 aromatic carbocycles. The number of hydrogen-bond acceptors (Lipinski definition) is 2. The summed E-state index contributed by atoms with van der Waals surface area (Å²) in [6.07, 6.45) is 4.66. The lowest BCUT2D eigenvalue weighted by atomic mass is 10.0. The Kier molecular flexibility index (Phi) is 3.17. The molecule has 0 bridgehead atoms. The maximum absolute atomic E-state index is 9.59. The number of aliphatic hydroxyl groups excluding tert-OH is 1. The molecule has 0 aliphatic heterocycles. The van der Waals surface area contributed by atoms with Gasteiger partial charge >= 0.3 is 0 Å². The van der Waals surface area contributed by atoms with Crippen LogP contribution in [0.1, 0.15) is 31.2 Å². The van der Waals surface area contributed by atoms with Crippen molar-refractivity contribution in [3.05, 3.63) is 35.9 Å². The largest absolute Gasteiger partial charge is 0.393 e. The van der Waals surface area contributed by atoms with Gasteiger partial charge in [0, 0.05) is 0 Å². The second kappa shape index (κ2) is 4.79. The first kappa shape index (κ1) is 11.2. The Morgan fingerprint density at radius 1 is 1.00 bits per heavy atom. The zero-order valence-corrected chi connectivity index (χ0v) is 10.1. The van der Waals surface area contributed by atoms with Crippen LogP contribution in [0.2, 0.25) is 0 Å². The maximum Gasteiger partial charge on any atom is 0.0720 e. The Labute approximate surface area is 103 Å². The van der Waals surface area contributed by atoms with Crippen molar-refractivity contribution in [2.24, 2.45) is 11.8 Å². The summed E-state index contributed by atoms with van der Waals surface area (Å²) in [4.78, 5) is 0. The lowest BCUT2D eigenvalue weighted by Gasteiger charge is -2.13. The first-order valence-corrected chi connectivity index (χ1v) is 6.65. The van der Waals surface area contributed by atoms with Crippen molar-refractivity contribution in [1.29, 1.82) is 0 Å². The third kappa shape index (κ3) is 2.53. The van der Waals surface area contributed by atoms with Crippen molar-refractivity contribution < 1.29 is 9.84 Å². The topological polar surface area (TPSA) is 29.5 Å². The summed E-state index contributed by atoms with van der Waals surface area (Å²) in [5, 5.41) is 9.59. The van der Waals surface area contributed by atoms with Crippen LogP contribution in [0.4, 0.5) is 0 Å². The van der Waals surface area contributed by atoms with Crippen LogP contribution in [-0.4, -0.2) is 17.3 Å². The zero-order valence-electron chi connectivity index (χ0n) is 10.1. The van der Waals surface area contributed by atoms with Gasteiger partial charge in [-0.3, -0.25) is 0 Å². The van der Waals surface area contributed by atoms with Crippen LogP contribution in [0, 0.1) is 11.8 Å². The Morgan fingerprint density at radius 2 is 1.65 bits per heavy atom. The molecule has 2 fully saturated rings. The molecule has 2 heteroatoms. The van der Waals surface area contributed by atoms with E-state index in [1.165, 1.54) is 5.56 Å². The fraction of sp³-hybridized carbons (Fsp3) is 0.600. The van der Waals surface area contributed by atoms with Crippen LogP contribution in [0.25, 0.3) is 0 Å². The monoisotopic (exact) mass is 232 g/mol. The minimum absolute atomic E-state index is 0.0416. The Bertz CT molecular complexity index is 348. The number of ether oxygens (including phenoxy) is 1. The van der Waals surface area contributed by atoms with E-state index in [0.717, 1.165) is 32.3 Å². The van der Waals surface area contributed by atoms with Crippen LogP contribution < -0.4 is 0 Å². The van der Waals surface area contributed by atoms with Crippen molar-refractivity contribution in [2.45, 2.75) is 44.5 Å². The van der Waals surface area contributed by atoms with Crippen LogP contribution >= 0.6 is 0 Å². The van der Waals surface area contributed by atoms with Crippen LogP contribution in [0.15, 0.2) is 30.3 Å². The molecule has 4 atom stereocenters. The minimum atomic E-state index is -0.0416. The lowest BCUT2D eigenvalue weighted by molar-refractivity contribution is 0.0359. The highest BCUT2D eigenvalue weighted by Gasteiger charge is 2.41. The van der Waals surface area contributed by atoms with Gasteiger partial charge in [0.05, 0.1) is 18.8 Å². The molecule has 2 aliphatic carbocycles. The predicted octanol–water partition coefficient (Wildman–Crippen LogP) is 2.75. The molecule has 0 saturated heterocycles. The lowest BCUT2D eigenvalue weighted by Crippen LogP contribution is -2.11. The molecule has 0 radical (unpaired) electrons. The van der Waals surface area contributed by atoms with Gasteiger partial charge in [-0.05, 0) is 43.1 Å². The van der Waals surface area contributed by atoms with Crippen LogP contribution in [-0.2, 0) is 11.3 Å². The molecule has 0 spiro atoms. The smallest absolute Gasteiger partial charge is 0.0720 e. The van der Waals surface area contributed by atoms with Crippen molar-refractivity contribution in [1.82, 2.24) is 0 Å². The van der Waals surface area contributed by atoms with Gasteiger partial charge in [0.15, 0.2) is 0 Å². The van der Waals surface area contributed by atoms with Gasteiger partial charge in [-0.1, -0.05) is 30.3 Å². The maximum atomic E-state index is 9.59. The normalized spacial score (nSPS) is 36.1. The molecule has 3 rings (SSSR count). The molecule has 17 heavy (non-hydrogen) atoms. The second-order valence-corrected chi connectivity index (χ2v) is 5.54. The van der Waals surface area contributed by atoms with Gasteiger partial charge in [0.2, 0.25) is 0 Å². The van der Waals surface area contributed by atoms with Crippen molar-refractivity contribution in [3.63, 3.8) is 0 Å². The standard InChI is InChI=1S/C15H20O2/c16-14-6-12-8-15(9-13(12)7-14)17-10-11-4-2-1-3-5-11/h1-5,12-16H,6-10H2/t12-,13+,14?,15?. The van der Waals surface area contributed by atoms with E-state index in [-0.39, 0.29) is 6.10 Å². The van der Waals surface area contributed by atoms with Gasteiger partial charge < -0.3 is 9.84 Å². The second-order valence-electron chi connectivity index (χ2n) is 5.54. The SMILES string of the molecule is OC1C[C@@H]2CC(OCc3ccccc3)C[C@@H]2C1. The number of rotatable bonds is 3. The highest BCUT2D eigenvalue weighted by Crippen LogP contribution is 2.45. The molecular weight excluding hydrogens is 212 g/mol. The molecule has 2 nitrogen and oxygen atoms in total. The van der Waals surface area contributed by atoms with E-state index in [4.69, 9.17) is 4.74 Å². The highest BCUT2D eigenvalue weighted by molar-refractivity contribution is 5.13. The average Bonchev–Trinajstić information content (AvgIpc) is 2.84. The van der Waals surface area contributed by atoms with Gasteiger partial charge in [0.1, 0.15) is 0 Å². The van der Waals surface area contributed by atoms with Gasteiger partial charge in [-0.2, -0.15) is 0 Å². The molecule has 1 aromatic rings. The van der Waals surface area contributed by atoms with Gasteiger partial charge in [-0.25, -0.2) is 0 Å². The summed E-state index contributed by atoms with van der Waals surface area (Å²) in [6, 6.07) is 10.4.